The Labute approximate surface area is 204 Å². The highest BCUT2D eigenvalue weighted by Gasteiger charge is 2.30. The van der Waals surface area contributed by atoms with E-state index in [9.17, 15) is 44.1 Å². The van der Waals surface area contributed by atoms with Crippen molar-refractivity contribution in [3.8, 4) is 5.75 Å². The van der Waals surface area contributed by atoms with Crippen LogP contribution < -0.4 is 27.4 Å². The van der Waals surface area contributed by atoms with Gasteiger partial charge < -0.3 is 47.8 Å². The summed E-state index contributed by atoms with van der Waals surface area (Å²) in [6.07, 6.45) is -1.66. The Morgan fingerprint density at radius 3 is 1.86 bits per heavy atom. The van der Waals surface area contributed by atoms with Gasteiger partial charge in [-0.05, 0) is 24.1 Å². The zero-order valence-corrected chi connectivity index (χ0v) is 19.0. The second kappa shape index (κ2) is 14.2. The highest BCUT2D eigenvalue weighted by atomic mass is 16.4. The van der Waals surface area contributed by atoms with E-state index < -0.39 is 85.6 Å². The average molecular weight is 511 g/mol. The van der Waals surface area contributed by atoms with Crippen LogP contribution in [-0.2, 0) is 35.2 Å². The van der Waals surface area contributed by atoms with Gasteiger partial charge in [-0.2, -0.15) is 0 Å². The Kier molecular flexibility index (Phi) is 11.8. The number of phenolic OH excluding ortho intramolecular Hbond substituents is 1. The van der Waals surface area contributed by atoms with Gasteiger partial charge in [0.15, 0.2) is 0 Å². The maximum absolute atomic E-state index is 12.9. The lowest BCUT2D eigenvalue weighted by molar-refractivity contribution is -0.143. The van der Waals surface area contributed by atoms with Crippen molar-refractivity contribution in [1.29, 1.82) is 0 Å². The van der Waals surface area contributed by atoms with E-state index in [0.29, 0.717) is 5.56 Å². The van der Waals surface area contributed by atoms with Crippen molar-refractivity contribution in [2.24, 2.45) is 11.5 Å². The number of carboxylic acids is 2. The molecule has 4 amide bonds. The summed E-state index contributed by atoms with van der Waals surface area (Å²) < 4.78 is 0. The third-order valence-corrected chi connectivity index (χ3v) is 4.84. The Morgan fingerprint density at radius 1 is 0.833 bits per heavy atom. The summed E-state index contributed by atoms with van der Waals surface area (Å²) in [4.78, 5) is 70.8. The number of aliphatic hydroxyl groups is 1. The van der Waals surface area contributed by atoms with Gasteiger partial charge in [0.2, 0.25) is 23.6 Å². The number of hydrogen-bond donors (Lipinski definition) is 9. The lowest BCUT2D eigenvalue weighted by Crippen LogP contribution is -2.58. The predicted octanol–water partition coefficient (Wildman–Crippen LogP) is -3.47. The lowest BCUT2D eigenvalue weighted by atomic mass is 10.0. The van der Waals surface area contributed by atoms with Crippen LogP contribution in [0.4, 0.5) is 0 Å². The highest BCUT2D eigenvalue weighted by Crippen LogP contribution is 2.12. The maximum atomic E-state index is 12.9. The van der Waals surface area contributed by atoms with Crippen LogP contribution in [-0.4, -0.2) is 86.8 Å². The molecule has 0 spiro atoms. The first-order valence-electron chi connectivity index (χ1n) is 10.6. The van der Waals surface area contributed by atoms with Gasteiger partial charge in [-0.15, -0.1) is 0 Å². The minimum atomic E-state index is -1.65. The molecule has 0 fully saturated rings. The van der Waals surface area contributed by atoms with Gasteiger partial charge in [-0.1, -0.05) is 12.1 Å². The van der Waals surface area contributed by atoms with Gasteiger partial charge in [0.05, 0.1) is 19.1 Å². The molecule has 0 aromatic heterocycles. The molecular formula is C21H29N5O10. The summed E-state index contributed by atoms with van der Waals surface area (Å²) in [6.45, 7) is -0.954. The smallest absolute Gasteiger partial charge is 0.326 e. The van der Waals surface area contributed by atoms with Gasteiger partial charge in [-0.3, -0.25) is 24.0 Å². The Morgan fingerprint density at radius 2 is 1.36 bits per heavy atom. The number of phenols is 1. The number of benzene rings is 1. The molecule has 11 N–H and O–H groups in total. The number of primary amides is 1. The van der Waals surface area contributed by atoms with Crippen molar-refractivity contribution in [3.05, 3.63) is 29.8 Å². The molecule has 1 aromatic carbocycles. The molecule has 0 heterocycles. The lowest BCUT2D eigenvalue weighted by Gasteiger charge is -2.24. The fraction of sp³-hybridized carbons (Fsp3) is 0.429. The number of nitrogens with one attached hydrogen (secondary N) is 3. The van der Waals surface area contributed by atoms with Crippen molar-refractivity contribution in [2.75, 3.05) is 6.61 Å². The summed E-state index contributed by atoms with van der Waals surface area (Å²) in [6, 6.07) is -0.412. The van der Waals surface area contributed by atoms with Crippen molar-refractivity contribution < 1.29 is 49.2 Å². The Hall–Kier alpha value is -4.24. The van der Waals surface area contributed by atoms with Gasteiger partial charge in [0.1, 0.15) is 23.9 Å². The number of aromatic hydroxyl groups is 1. The normalized spacial score (nSPS) is 13.9. The number of aliphatic hydroxyl groups excluding tert-OH is 1. The van der Waals surface area contributed by atoms with E-state index in [-0.39, 0.29) is 12.2 Å². The van der Waals surface area contributed by atoms with Gasteiger partial charge in [-0.25, -0.2) is 4.79 Å². The number of nitrogens with two attached hydrogens (primary N) is 2. The van der Waals surface area contributed by atoms with Crippen molar-refractivity contribution in [3.63, 3.8) is 0 Å². The monoisotopic (exact) mass is 511 g/mol. The number of aliphatic carboxylic acids is 2. The van der Waals surface area contributed by atoms with Crippen LogP contribution in [0.3, 0.4) is 0 Å². The van der Waals surface area contributed by atoms with Crippen molar-refractivity contribution in [2.45, 2.75) is 49.9 Å². The largest absolute Gasteiger partial charge is 0.508 e. The average Bonchev–Trinajstić information content (AvgIpc) is 2.79. The summed E-state index contributed by atoms with van der Waals surface area (Å²) >= 11 is 0. The molecule has 0 aliphatic heterocycles. The standard InChI is InChI=1S/C21H29N5O10/c22-12(8-16(23)29)18(32)25-14(7-10-1-3-11(28)4-2-10)19(33)26-15(9-27)20(34)24-13(21(35)36)5-6-17(30)31/h1-4,12-15,27-28H,5-9,22H2,(H2,23,29)(H,24,34)(H,25,32)(H,26,33)(H,30,31)(H,35,36). The second-order valence-corrected chi connectivity index (χ2v) is 7.78. The van der Waals surface area contributed by atoms with E-state index in [1.54, 1.807) is 0 Å². The fourth-order valence-corrected chi connectivity index (χ4v) is 2.93. The summed E-state index contributed by atoms with van der Waals surface area (Å²) in [5.74, 6) is -6.70. The van der Waals surface area contributed by atoms with E-state index in [1.165, 1.54) is 24.3 Å². The zero-order valence-electron chi connectivity index (χ0n) is 19.0. The quantitative estimate of drug-likeness (QED) is 0.112. The third-order valence-electron chi connectivity index (χ3n) is 4.84. The molecule has 0 aliphatic carbocycles. The van der Waals surface area contributed by atoms with Crippen molar-refractivity contribution in [1.82, 2.24) is 16.0 Å². The molecule has 1 aromatic rings. The van der Waals surface area contributed by atoms with Gasteiger partial charge >= 0.3 is 11.9 Å². The van der Waals surface area contributed by atoms with E-state index in [4.69, 9.17) is 16.6 Å². The van der Waals surface area contributed by atoms with Gasteiger partial charge in [0.25, 0.3) is 0 Å². The molecule has 0 saturated carbocycles. The van der Waals surface area contributed by atoms with E-state index in [2.05, 4.69) is 10.6 Å². The van der Waals surface area contributed by atoms with Gasteiger partial charge in [0, 0.05) is 12.8 Å². The highest BCUT2D eigenvalue weighted by molar-refractivity contribution is 5.95. The van der Waals surface area contributed by atoms with Crippen LogP contribution in [0.5, 0.6) is 5.75 Å². The van der Waals surface area contributed by atoms with E-state index in [0.717, 1.165) is 0 Å². The number of carbonyl (C=O) groups excluding carboxylic acids is 4. The second-order valence-electron chi connectivity index (χ2n) is 7.78. The van der Waals surface area contributed by atoms with Crippen LogP contribution in [0, 0.1) is 0 Å². The number of carboxylic acid groups (broad SMARTS) is 2. The topological polar surface area (TPSA) is 271 Å². The van der Waals surface area contributed by atoms with Crippen molar-refractivity contribution >= 4 is 35.6 Å². The van der Waals surface area contributed by atoms with Crippen LogP contribution in [0.1, 0.15) is 24.8 Å². The molecule has 0 bridgehead atoms. The summed E-state index contributed by atoms with van der Waals surface area (Å²) in [5.41, 5.74) is 11.1. The molecule has 0 aliphatic rings. The van der Waals surface area contributed by atoms with Crippen LogP contribution in [0.15, 0.2) is 24.3 Å². The molecular weight excluding hydrogens is 482 g/mol. The number of carbonyl (C=O) groups is 6. The first-order valence-corrected chi connectivity index (χ1v) is 10.6. The third kappa shape index (κ3) is 10.4. The first kappa shape index (κ1) is 29.8. The molecule has 4 atom stereocenters. The number of rotatable bonds is 15. The fourth-order valence-electron chi connectivity index (χ4n) is 2.93. The van der Waals surface area contributed by atoms with Crippen LogP contribution >= 0.6 is 0 Å². The molecule has 15 heteroatoms. The molecule has 1 rings (SSSR count). The predicted molar refractivity (Wildman–Crippen MR) is 121 cm³/mol. The Bertz CT molecular complexity index is 968. The minimum absolute atomic E-state index is 0.0554. The van der Waals surface area contributed by atoms with Crippen LogP contribution in [0.2, 0.25) is 0 Å². The number of amides is 4. The van der Waals surface area contributed by atoms with E-state index >= 15 is 0 Å². The zero-order chi connectivity index (χ0) is 27.4. The van der Waals surface area contributed by atoms with E-state index in [1.807, 2.05) is 5.32 Å². The SMILES string of the molecule is NC(=O)CC(N)C(=O)NC(Cc1ccc(O)cc1)C(=O)NC(CO)C(=O)NC(CCC(=O)O)C(=O)O. The Balaban J connectivity index is 3.01. The molecule has 15 nitrogen and oxygen atoms in total. The molecule has 0 radical (unpaired) electrons. The minimum Gasteiger partial charge on any atom is -0.508 e. The molecule has 4 unspecified atom stereocenters. The molecule has 198 valence electrons. The van der Waals surface area contributed by atoms with Crippen LogP contribution in [0.25, 0.3) is 0 Å². The number of hydrogen-bond acceptors (Lipinski definition) is 9. The summed E-state index contributed by atoms with van der Waals surface area (Å²) in [7, 11) is 0. The molecule has 36 heavy (non-hydrogen) atoms. The molecule has 0 saturated heterocycles. The first-order chi connectivity index (χ1) is 16.8. The summed E-state index contributed by atoms with van der Waals surface area (Å²) in [5, 5.41) is 43.5. The maximum Gasteiger partial charge on any atom is 0.326 e.